The third-order valence-electron chi connectivity index (χ3n) is 3.87. The van der Waals surface area contributed by atoms with E-state index < -0.39 is 0 Å². The summed E-state index contributed by atoms with van der Waals surface area (Å²) in [7, 11) is 0. The maximum Gasteiger partial charge on any atom is 0.255 e. The van der Waals surface area contributed by atoms with Crippen LogP contribution in [0.3, 0.4) is 0 Å². The molecule has 0 fully saturated rings. The molecule has 0 aliphatic rings. The van der Waals surface area contributed by atoms with Crippen molar-refractivity contribution in [2.75, 3.05) is 25.0 Å². The molecule has 1 aromatic carbocycles. The fourth-order valence-corrected chi connectivity index (χ4v) is 2.28. The second kappa shape index (κ2) is 8.71. The smallest absolute Gasteiger partial charge is 0.255 e. The molecule has 21 heavy (non-hydrogen) atoms. The van der Waals surface area contributed by atoms with Gasteiger partial charge < -0.3 is 10.2 Å². The van der Waals surface area contributed by atoms with Crippen molar-refractivity contribution in [3.8, 4) is 0 Å². The molecule has 0 saturated carbocycles. The van der Waals surface area contributed by atoms with E-state index in [1.807, 2.05) is 24.0 Å². The lowest BCUT2D eigenvalue weighted by molar-refractivity contribution is 0.0741. The van der Waals surface area contributed by atoms with Gasteiger partial charge in [0.1, 0.15) is 0 Å². The van der Waals surface area contributed by atoms with E-state index in [9.17, 15) is 4.79 Å². The Labute approximate surface area is 129 Å². The molecular formula is C18H30N2O. The summed E-state index contributed by atoms with van der Waals surface area (Å²) in [5.41, 5.74) is 2.88. The Hall–Kier alpha value is -1.51. The number of nitrogens with one attached hydrogen (secondary N) is 1. The number of hydrogen-bond acceptors (Lipinski definition) is 2. The summed E-state index contributed by atoms with van der Waals surface area (Å²) in [6.07, 6.45) is 2.14. The average Bonchev–Trinajstić information content (AvgIpc) is 2.50. The van der Waals surface area contributed by atoms with Gasteiger partial charge in [-0.3, -0.25) is 4.79 Å². The van der Waals surface area contributed by atoms with Crippen molar-refractivity contribution in [3.05, 3.63) is 29.3 Å². The van der Waals surface area contributed by atoms with Gasteiger partial charge in [0.05, 0.1) is 5.56 Å². The number of carbonyl (C=O) groups excluding carboxylic acids is 1. The van der Waals surface area contributed by atoms with Gasteiger partial charge in [-0.05, 0) is 38.3 Å². The Kier molecular flexibility index (Phi) is 7.27. The van der Waals surface area contributed by atoms with Crippen LogP contribution in [-0.2, 0) is 0 Å². The van der Waals surface area contributed by atoms with Gasteiger partial charge in [-0.15, -0.1) is 0 Å². The molecule has 118 valence electrons. The number of anilines is 1. The third-order valence-corrected chi connectivity index (χ3v) is 3.87. The van der Waals surface area contributed by atoms with Gasteiger partial charge in [0.15, 0.2) is 0 Å². The van der Waals surface area contributed by atoms with Crippen LogP contribution < -0.4 is 5.32 Å². The molecule has 0 spiro atoms. The first-order chi connectivity index (χ1) is 10.0. The minimum absolute atomic E-state index is 0.139. The molecule has 1 unspecified atom stereocenters. The molecule has 1 rings (SSSR count). The number of benzene rings is 1. The first-order valence-electron chi connectivity index (χ1n) is 8.17. The monoisotopic (exact) mass is 290 g/mol. The summed E-state index contributed by atoms with van der Waals surface area (Å²) in [5.74, 6) is 0.672. The van der Waals surface area contributed by atoms with Crippen molar-refractivity contribution in [2.24, 2.45) is 5.92 Å². The Morgan fingerprint density at radius 1 is 1.29 bits per heavy atom. The van der Waals surface area contributed by atoms with Crippen LogP contribution in [0.2, 0.25) is 0 Å². The van der Waals surface area contributed by atoms with Gasteiger partial charge in [-0.1, -0.05) is 38.8 Å². The zero-order valence-electron chi connectivity index (χ0n) is 14.2. The number of nitrogens with zero attached hydrogens (tertiary/aromatic N) is 1. The molecule has 0 bridgehead atoms. The Bertz CT molecular complexity index is 457. The standard InChI is InChI=1S/C18H30N2O/c1-6-11-19-17-10-9-15(5)12-16(17)18(21)20(8-3)13-14(4)7-2/h9-10,12,14,19H,6-8,11,13H2,1-5H3. The van der Waals surface area contributed by atoms with Gasteiger partial charge in [0, 0.05) is 25.3 Å². The maximum atomic E-state index is 12.8. The SMILES string of the molecule is CCCNc1ccc(C)cc1C(=O)N(CC)CC(C)CC. The number of rotatable bonds is 8. The molecule has 0 aliphatic heterocycles. The molecule has 1 aromatic rings. The van der Waals surface area contributed by atoms with Gasteiger partial charge >= 0.3 is 0 Å². The lowest BCUT2D eigenvalue weighted by Gasteiger charge is -2.25. The number of carbonyl (C=O) groups is 1. The Morgan fingerprint density at radius 2 is 2.00 bits per heavy atom. The van der Waals surface area contributed by atoms with E-state index in [4.69, 9.17) is 0 Å². The quantitative estimate of drug-likeness (QED) is 0.773. The fourth-order valence-electron chi connectivity index (χ4n) is 2.28. The molecule has 0 heterocycles. The van der Waals surface area contributed by atoms with Crippen molar-refractivity contribution in [3.63, 3.8) is 0 Å². The molecule has 1 atom stereocenters. The van der Waals surface area contributed by atoms with E-state index in [1.54, 1.807) is 0 Å². The Morgan fingerprint density at radius 3 is 2.57 bits per heavy atom. The van der Waals surface area contributed by atoms with E-state index in [0.717, 1.165) is 49.3 Å². The average molecular weight is 290 g/mol. The summed E-state index contributed by atoms with van der Waals surface area (Å²) in [5, 5.41) is 3.37. The first-order valence-corrected chi connectivity index (χ1v) is 8.17. The lowest BCUT2D eigenvalue weighted by atomic mass is 10.1. The van der Waals surface area contributed by atoms with Gasteiger partial charge in [0.25, 0.3) is 5.91 Å². The molecule has 3 heteroatoms. The normalized spacial score (nSPS) is 12.0. The molecule has 0 saturated heterocycles. The molecule has 0 radical (unpaired) electrons. The first kappa shape index (κ1) is 17.5. The van der Waals surface area contributed by atoms with Crippen LogP contribution in [0.5, 0.6) is 0 Å². The molecule has 1 N–H and O–H groups in total. The summed E-state index contributed by atoms with van der Waals surface area (Å²) in [4.78, 5) is 14.8. The van der Waals surface area contributed by atoms with Crippen molar-refractivity contribution in [1.29, 1.82) is 0 Å². The van der Waals surface area contributed by atoms with Crippen LogP contribution in [0.1, 0.15) is 56.5 Å². The van der Waals surface area contributed by atoms with Crippen LogP contribution in [0.15, 0.2) is 18.2 Å². The molecule has 3 nitrogen and oxygen atoms in total. The van der Waals surface area contributed by atoms with Crippen LogP contribution in [0.4, 0.5) is 5.69 Å². The third kappa shape index (κ3) is 5.07. The Balaban J connectivity index is 2.99. The maximum absolute atomic E-state index is 12.8. The second-order valence-electron chi connectivity index (χ2n) is 5.83. The van der Waals surface area contributed by atoms with E-state index in [2.05, 4.69) is 39.1 Å². The van der Waals surface area contributed by atoms with E-state index >= 15 is 0 Å². The van der Waals surface area contributed by atoms with Crippen molar-refractivity contribution < 1.29 is 4.79 Å². The van der Waals surface area contributed by atoms with Crippen LogP contribution in [-0.4, -0.2) is 30.4 Å². The molecule has 0 aromatic heterocycles. The molecular weight excluding hydrogens is 260 g/mol. The predicted molar refractivity (Wildman–Crippen MR) is 91.0 cm³/mol. The summed E-state index contributed by atoms with van der Waals surface area (Å²) < 4.78 is 0. The minimum Gasteiger partial charge on any atom is -0.384 e. The van der Waals surface area contributed by atoms with E-state index in [0.29, 0.717) is 5.92 Å². The highest BCUT2D eigenvalue weighted by Gasteiger charge is 2.19. The highest BCUT2D eigenvalue weighted by Crippen LogP contribution is 2.20. The second-order valence-corrected chi connectivity index (χ2v) is 5.83. The summed E-state index contributed by atoms with van der Waals surface area (Å²) >= 11 is 0. The summed E-state index contributed by atoms with van der Waals surface area (Å²) in [6, 6.07) is 6.08. The number of aryl methyl sites for hydroxylation is 1. The van der Waals surface area contributed by atoms with Gasteiger partial charge in [-0.2, -0.15) is 0 Å². The van der Waals surface area contributed by atoms with Crippen LogP contribution >= 0.6 is 0 Å². The zero-order valence-corrected chi connectivity index (χ0v) is 14.2. The van der Waals surface area contributed by atoms with Crippen LogP contribution in [0, 0.1) is 12.8 Å². The van der Waals surface area contributed by atoms with E-state index in [1.165, 1.54) is 0 Å². The van der Waals surface area contributed by atoms with Gasteiger partial charge in [-0.25, -0.2) is 0 Å². The molecule has 1 amide bonds. The predicted octanol–water partition coefficient (Wildman–Crippen LogP) is 4.33. The number of amides is 1. The largest absolute Gasteiger partial charge is 0.384 e. The van der Waals surface area contributed by atoms with Crippen molar-refractivity contribution in [2.45, 2.75) is 47.5 Å². The topological polar surface area (TPSA) is 32.3 Å². The lowest BCUT2D eigenvalue weighted by Crippen LogP contribution is -2.35. The zero-order chi connectivity index (χ0) is 15.8. The van der Waals surface area contributed by atoms with Crippen LogP contribution in [0.25, 0.3) is 0 Å². The highest BCUT2D eigenvalue weighted by molar-refractivity contribution is 5.99. The number of hydrogen-bond donors (Lipinski definition) is 1. The van der Waals surface area contributed by atoms with Crippen molar-refractivity contribution >= 4 is 11.6 Å². The van der Waals surface area contributed by atoms with Crippen molar-refractivity contribution in [1.82, 2.24) is 4.90 Å². The van der Waals surface area contributed by atoms with Gasteiger partial charge in [0.2, 0.25) is 0 Å². The van der Waals surface area contributed by atoms with E-state index in [-0.39, 0.29) is 5.91 Å². The minimum atomic E-state index is 0.139. The highest BCUT2D eigenvalue weighted by atomic mass is 16.2. The fraction of sp³-hybridized carbons (Fsp3) is 0.611. The molecule has 0 aliphatic carbocycles. The summed E-state index contributed by atoms with van der Waals surface area (Å²) in [6.45, 7) is 13.1.